The molecule has 2 aromatic carbocycles. The number of amides is 1. The van der Waals surface area contributed by atoms with Gasteiger partial charge >= 0.3 is 0 Å². The van der Waals surface area contributed by atoms with E-state index in [9.17, 15) is 9.18 Å². The largest absolute Gasteiger partial charge is 0.496 e. The molecule has 32 heavy (non-hydrogen) atoms. The van der Waals surface area contributed by atoms with Crippen molar-refractivity contribution in [2.24, 2.45) is 0 Å². The van der Waals surface area contributed by atoms with Gasteiger partial charge < -0.3 is 14.5 Å². The Balaban J connectivity index is 1.82. The number of carbonyl (C=O) groups is 1. The van der Waals surface area contributed by atoms with Crippen molar-refractivity contribution in [1.29, 1.82) is 0 Å². The van der Waals surface area contributed by atoms with Crippen LogP contribution in [0.4, 0.5) is 4.39 Å². The number of benzene rings is 2. The first-order valence-electron chi connectivity index (χ1n) is 11.9. The van der Waals surface area contributed by atoms with Gasteiger partial charge in [-0.2, -0.15) is 0 Å². The molecular formula is C27H37FN2O2. The molecule has 2 aromatic rings. The minimum Gasteiger partial charge on any atom is -0.496 e. The minimum atomic E-state index is -0.422. The zero-order valence-electron chi connectivity index (χ0n) is 19.8. The maximum absolute atomic E-state index is 13.9. The number of methoxy groups -OCH3 is 1. The van der Waals surface area contributed by atoms with Crippen molar-refractivity contribution in [3.05, 3.63) is 65.5 Å². The first-order valence-corrected chi connectivity index (χ1v) is 11.9. The Morgan fingerprint density at radius 3 is 2.56 bits per heavy atom. The molecule has 1 atom stereocenters. The topological polar surface area (TPSA) is 32.8 Å². The molecule has 0 aromatic heterocycles. The predicted octanol–water partition coefficient (Wildman–Crippen LogP) is 5.52. The second kappa shape index (κ2) is 11.5. The van der Waals surface area contributed by atoms with Crippen LogP contribution in [0, 0.1) is 5.82 Å². The summed E-state index contributed by atoms with van der Waals surface area (Å²) < 4.78 is 19.2. The molecule has 0 spiro atoms. The highest BCUT2D eigenvalue weighted by molar-refractivity contribution is 5.97. The van der Waals surface area contributed by atoms with E-state index < -0.39 is 5.82 Å². The van der Waals surface area contributed by atoms with E-state index in [2.05, 4.69) is 43.0 Å². The Morgan fingerprint density at radius 2 is 1.88 bits per heavy atom. The Bertz CT molecular complexity index is 873. The molecule has 1 fully saturated rings. The molecule has 0 saturated carbocycles. The summed E-state index contributed by atoms with van der Waals surface area (Å²) in [6.07, 6.45) is 5.47. The van der Waals surface area contributed by atoms with Gasteiger partial charge in [-0.05, 0) is 69.1 Å². The highest BCUT2D eigenvalue weighted by Crippen LogP contribution is 2.39. The summed E-state index contributed by atoms with van der Waals surface area (Å²) in [5.74, 6) is -0.161. The number of likely N-dealkylation sites (tertiary alicyclic amines) is 1. The Hall–Kier alpha value is -2.40. The van der Waals surface area contributed by atoms with E-state index >= 15 is 0 Å². The van der Waals surface area contributed by atoms with Crippen molar-refractivity contribution in [2.75, 3.05) is 39.8 Å². The third kappa shape index (κ3) is 5.69. The fourth-order valence-electron chi connectivity index (χ4n) is 4.84. The average molecular weight is 441 g/mol. The number of halogens is 1. The highest BCUT2D eigenvalue weighted by Gasteiger charge is 2.41. The van der Waals surface area contributed by atoms with Gasteiger partial charge in [-0.25, -0.2) is 4.39 Å². The molecule has 1 unspecified atom stereocenters. The molecule has 0 bridgehead atoms. The van der Waals surface area contributed by atoms with Crippen LogP contribution in [0.3, 0.4) is 0 Å². The van der Waals surface area contributed by atoms with E-state index in [1.807, 2.05) is 11.0 Å². The standard InChI is InChI=1S/C27H37FN2O2/c1-4-6-17-29(16-5-2)18-14-27(22-10-8-7-9-11-22)15-19-30(21-27)26(31)24-20-23(28)12-13-25(24)32-3/h7-13,20H,4-6,14-19,21H2,1-3H3. The van der Waals surface area contributed by atoms with Crippen LogP contribution in [-0.4, -0.2) is 55.5 Å². The molecular weight excluding hydrogens is 403 g/mol. The lowest BCUT2D eigenvalue weighted by molar-refractivity contribution is 0.0777. The van der Waals surface area contributed by atoms with Gasteiger partial charge in [-0.3, -0.25) is 4.79 Å². The van der Waals surface area contributed by atoms with Crippen molar-refractivity contribution in [3.8, 4) is 5.75 Å². The van der Waals surface area contributed by atoms with E-state index in [-0.39, 0.29) is 11.3 Å². The summed E-state index contributed by atoms with van der Waals surface area (Å²) in [6, 6.07) is 14.7. The molecule has 5 heteroatoms. The maximum Gasteiger partial charge on any atom is 0.257 e. The zero-order chi connectivity index (χ0) is 23.0. The minimum absolute atomic E-state index is 0.0876. The van der Waals surface area contributed by atoms with Crippen LogP contribution in [0.15, 0.2) is 48.5 Å². The van der Waals surface area contributed by atoms with Crippen LogP contribution in [0.5, 0.6) is 5.75 Å². The molecule has 0 radical (unpaired) electrons. The molecule has 0 aliphatic carbocycles. The predicted molar refractivity (Wildman–Crippen MR) is 128 cm³/mol. The molecule has 1 aliphatic rings. The molecule has 1 amide bonds. The summed E-state index contributed by atoms with van der Waals surface area (Å²) >= 11 is 0. The molecule has 4 nitrogen and oxygen atoms in total. The Labute approximate surface area is 192 Å². The number of ether oxygens (including phenoxy) is 1. The van der Waals surface area contributed by atoms with Crippen molar-refractivity contribution < 1.29 is 13.9 Å². The van der Waals surface area contributed by atoms with Crippen LogP contribution in [-0.2, 0) is 5.41 Å². The quantitative estimate of drug-likeness (QED) is 0.461. The van der Waals surface area contributed by atoms with Crippen LogP contribution in [0.2, 0.25) is 0 Å². The molecule has 1 aliphatic heterocycles. The zero-order valence-corrected chi connectivity index (χ0v) is 19.8. The third-order valence-electron chi connectivity index (χ3n) is 6.69. The van der Waals surface area contributed by atoms with Crippen LogP contribution < -0.4 is 4.74 Å². The van der Waals surface area contributed by atoms with Crippen molar-refractivity contribution in [1.82, 2.24) is 9.80 Å². The van der Waals surface area contributed by atoms with Gasteiger partial charge in [0.05, 0.1) is 12.7 Å². The first kappa shape index (κ1) is 24.2. The Morgan fingerprint density at radius 1 is 1.09 bits per heavy atom. The summed E-state index contributed by atoms with van der Waals surface area (Å²) in [4.78, 5) is 17.8. The van der Waals surface area contributed by atoms with Gasteiger partial charge in [-0.1, -0.05) is 50.6 Å². The first-order chi connectivity index (χ1) is 15.5. The van der Waals surface area contributed by atoms with Crippen molar-refractivity contribution in [3.63, 3.8) is 0 Å². The smallest absolute Gasteiger partial charge is 0.257 e. The number of nitrogens with zero attached hydrogens (tertiary/aromatic N) is 2. The van der Waals surface area contributed by atoms with Crippen molar-refractivity contribution in [2.45, 2.75) is 51.4 Å². The van der Waals surface area contributed by atoms with Crippen LogP contribution >= 0.6 is 0 Å². The van der Waals surface area contributed by atoms with E-state index in [0.717, 1.165) is 38.9 Å². The van der Waals surface area contributed by atoms with Gasteiger partial charge in [0.15, 0.2) is 0 Å². The molecule has 174 valence electrons. The number of rotatable bonds is 11. The van der Waals surface area contributed by atoms with E-state index in [1.54, 1.807) is 0 Å². The second-order valence-electron chi connectivity index (χ2n) is 8.91. The third-order valence-corrected chi connectivity index (χ3v) is 6.69. The van der Waals surface area contributed by atoms with Gasteiger partial charge in [0.2, 0.25) is 0 Å². The van der Waals surface area contributed by atoms with E-state index in [0.29, 0.717) is 24.4 Å². The summed E-state index contributed by atoms with van der Waals surface area (Å²) in [5, 5.41) is 0. The summed E-state index contributed by atoms with van der Waals surface area (Å²) in [7, 11) is 1.51. The van der Waals surface area contributed by atoms with Crippen molar-refractivity contribution >= 4 is 5.91 Å². The van der Waals surface area contributed by atoms with Gasteiger partial charge in [0, 0.05) is 18.5 Å². The Kier molecular flexibility index (Phi) is 8.68. The number of unbranched alkanes of at least 4 members (excludes halogenated alkanes) is 1. The fourth-order valence-corrected chi connectivity index (χ4v) is 4.84. The normalized spacial score (nSPS) is 18.3. The van der Waals surface area contributed by atoms with E-state index in [1.165, 1.54) is 43.7 Å². The second-order valence-corrected chi connectivity index (χ2v) is 8.91. The average Bonchev–Trinajstić information content (AvgIpc) is 3.26. The highest BCUT2D eigenvalue weighted by atomic mass is 19.1. The summed E-state index contributed by atoms with van der Waals surface area (Å²) in [5.41, 5.74) is 1.50. The number of carbonyl (C=O) groups excluding carboxylic acids is 1. The SMILES string of the molecule is CCCCN(CCC)CCC1(c2ccccc2)CCN(C(=O)c2cc(F)ccc2OC)C1. The van der Waals surface area contributed by atoms with Crippen LogP contribution in [0.25, 0.3) is 0 Å². The fraction of sp³-hybridized carbons (Fsp3) is 0.519. The molecule has 1 heterocycles. The molecule has 1 saturated heterocycles. The molecule has 3 rings (SSSR count). The van der Waals surface area contributed by atoms with E-state index in [4.69, 9.17) is 4.74 Å². The van der Waals surface area contributed by atoms with Gasteiger partial charge in [0.25, 0.3) is 5.91 Å². The summed E-state index contributed by atoms with van der Waals surface area (Å²) in [6.45, 7) is 9.02. The van der Waals surface area contributed by atoms with Gasteiger partial charge in [-0.15, -0.1) is 0 Å². The number of hydrogen-bond donors (Lipinski definition) is 0. The van der Waals surface area contributed by atoms with Gasteiger partial charge in [0.1, 0.15) is 11.6 Å². The maximum atomic E-state index is 13.9. The number of hydrogen-bond acceptors (Lipinski definition) is 3. The lowest BCUT2D eigenvalue weighted by Crippen LogP contribution is -2.38. The van der Waals surface area contributed by atoms with Crippen LogP contribution in [0.1, 0.15) is 61.9 Å². The molecule has 0 N–H and O–H groups in total. The lowest BCUT2D eigenvalue weighted by Gasteiger charge is -2.33. The lowest BCUT2D eigenvalue weighted by atomic mass is 9.76. The monoisotopic (exact) mass is 440 g/mol.